The van der Waals surface area contributed by atoms with Crippen LogP contribution >= 0.6 is 0 Å². The van der Waals surface area contributed by atoms with Gasteiger partial charge in [0.2, 0.25) is 5.91 Å². The number of carbonyl (C=O) groups excluding carboxylic acids is 1. The number of unbranched alkanes of at least 4 members (excludes halogenated alkanes) is 1. The van der Waals surface area contributed by atoms with E-state index >= 15 is 0 Å². The Morgan fingerprint density at radius 2 is 1.68 bits per heavy atom. The Morgan fingerprint density at radius 1 is 1.11 bits per heavy atom. The topological polar surface area (TPSA) is 60.9 Å². The van der Waals surface area contributed by atoms with E-state index in [0.717, 1.165) is 32.6 Å². The van der Waals surface area contributed by atoms with Gasteiger partial charge in [-0.05, 0) is 26.2 Å². The smallest absolute Gasteiger partial charge is 0.303 e. The van der Waals surface area contributed by atoms with Crippen molar-refractivity contribution in [1.82, 2.24) is 9.80 Å². The van der Waals surface area contributed by atoms with E-state index in [1.807, 2.05) is 4.90 Å². The molecule has 1 saturated heterocycles. The summed E-state index contributed by atoms with van der Waals surface area (Å²) in [4.78, 5) is 26.7. The molecular formula is C14H26N2O3. The second-order valence-corrected chi connectivity index (χ2v) is 5.27. The van der Waals surface area contributed by atoms with E-state index in [1.54, 1.807) is 0 Å². The third-order valence-electron chi connectivity index (χ3n) is 3.91. The predicted octanol–water partition coefficient (Wildman–Crippen LogP) is 1.57. The molecule has 0 aromatic carbocycles. The summed E-state index contributed by atoms with van der Waals surface area (Å²) >= 11 is 0. The highest BCUT2D eigenvalue weighted by Gasteiger charge is 2.22. The van der Waals surface area contributed by atoms with E-state index in [0.29, 0.717) is 25.3 Å². The number of nitrogens with zero attached hydrogens (tertiary/aromatic N) is 2. The highest BCUT2D eigenvalue weighted by atomic mass is 16.4. The lowest BCUT2D eigenvalue weighted by Gasteiger charge is -2.37. The van der Waals surface area contributed by atoms with Crippen LogP contribution in [-0.2, 0) is 9.59 Å². The Labute approximate surface area is 115 Å². The molecule has 0 aromatic rings. The van der Waals surface area contributed by atoms with Crippen LogP contribution in [0.3, 0.4) is 0 Å². The van der Waals surface area contributed by atoms with Crippen LogP contribution < -0.4 is 0 Å². The van der Waals surface area contributed by atoms with E-state index in [1.165, 1.54) is 0 Å². The first kappa shape index (κ1) is 16.0. The van der Waals surface area contributed by atoms with Gasteiger partial charge in [0.15, 0.2) is 0 Å². The van der Waals surface area contributed by atoms with E-state index in [9.17, 15) is 9.59 Å². The maximum Gasteiger partial charge on any atom is 0.303 e. The molecule has 0 bridgehead atoms. The first-order chi connectivity index (χ1) is 9.04. The zero-order chi connectivity index (χ0) is 14.3. The molecule has 1 unspecified atom stereocenters. The lowest BCUT2D eigenvalue weighted by atomic mass is 10.1. The van der Waals surface area contributed by atoms with E-state index in [-0.39, 0.29) is 12.3 Å². The van der Waals surface area contributed by atoms with Gasteiger partial charge in [-0.1, -0.05) is 6.92 Å². The van der Waals surface area contributed by atoms with Gasteiger partial charge in [-0.15, -0.1) is 0 Å². The lowest BCUT2D eigenvalue weighted by molar-refractivity contribution is -0.138. The summed E-state index contributed by atoms with van der Waals surface area (Å²) in [6, 6.07) is 0.591. The predicted molar refractivity (Wildman–Crippen MR) is 74.0 cm³/mol. The van der Waals surface area contributed by atoms with Gasteiger partial charge in [0, 0.05) is 45.1 Å². The van der Waals surface area contributed by atoms with E-state index in [4.69, 9.17) is 5.11 Å². The van der Waals surface area contributed by atoms with Gasteiger partial charge in [0.05, 0.1) is 0 Å². The molecule has 5 heteroatoms. The molecule has 0 saturated carbocycles. The fourth-order valence-electron chi connectivity index (χ4n) is 2.38. The molecule has 0 spiro atoms. The van der Waals surface area contributed by atoms with Crippen LogP contribution in [0.1, 0.15) is 46.0 Å². The summed E-state index contributed by atoms with van der Waals surface area (Å²) in [5.74, 6) is -0.608. The minimum absolute atomic E-state index is 0.162. The minimum atomic E-state index is -0.783. The molecule has 1 N–H and O–H groups in total. The quantitative estimate of drug-likeness (QED) is 0.713. The zero-order valence-corrected chi connectivity index (χ0v) is 12.1. The van der Waals surface area contributed by atoms with Crippen molar-refractivity contribution in [2.24, 2.45) is 0 Å². The van der Waals surface area contributed by atoms with Crippen molar-refractivity contribution in [3.63, 3.8) is 0 Å². The van der Waals surface area contributed by atoms with Gasteiger partial charge in [-0.25, -0.2) is 0 Å². The molecule has 1 rings (SSSR count). The number of rotatable bonds is 7. The van der Waals surface area contributed by atoms with Crippen molar-refractivity contribution < 1.29 is 14.7 Å². The molecule has 0 aromatic heterocycles. The molecule has 1 fully saturated rings. The summed E-state index contributed by atoms with van der Waals surface area (Å²) in [5, 5.41) is 8.53. The van der Waals surface area contributed by atoms with Crippen molar-refractivity contribution in [3.8, 4) is 0 Å². The standard InChI is InChI=1S/C14H26N2O3/c1-3-12(2)15-8-10-16(11-9-15)13(17)6-4-5-7-14(18)19/h12H,3-11H2,1-2H3,(H,18,19). The van der Waals surface area contributed by atoms with Gasteiger partial charge >= 0.3 is 5.97 Å². The summed E-state index contributed by atoms with van der Waals surface area (Å²) in [5.41, 5.74) is 0. The summed E-state index contributed by atoms with van der Waals surface area (Å²) in [6.07, 6.45) is 3.05. The number of aliphatic carboxylic acids is 1. The number of piperazine rings is 1. The molecule has 0 aliphatic carbocycles. The second kappa shape index (κ2) is 8.15. The first-order valence-corrected chi connectivity index (χ1v) is 7.28. The average molecular weight is 270 g/mol. The number of hydrogen-bond acceptors (Lipinski definition) is 3. The second-order valence-electron chi connectivity index (χ2n) is 5.27. The summed E-state index contributed by atoms with van der Waals surface area (Å²) in [7, 11) is 0. The Morgan fingerprint density at radius 3 is 2.21 bits per heavy atom. The van der Waals surface area contributed by atoms with Crippen molar-refractivity contribution >= 4 is 11.9 Å². The Balaban J connectivity index is 2.19. The maximum absolute atomic E-state index is 11.9. The Hall–Kier alpha value is -1.10. The average Bonchev–Trinajstić information content (AvgIpc) is 2.42. The monoisotopic (exact) mass is 270 g/mol. The normalized spacial score (nSPS) is 18.3. The van der Waals surface area contributed by atoms with Crippen LogP contribution in [-0.4, -0.2) is 59.0 Å². The number of carbonyl (C=O) groups is 2. The lowest BCUT2D eigenvalue weighted by Crippen LogP contribution is -2.51. The molecule has 1 aliphatic heterocycles. The highest BCUT2D eigenvalue weighted by molar-refractivity contribution is 5.76. The molecule has 1 amide bonds. The van der Waals surface area contributed by atoms with Crippen LogP contribution in [0.4, 0.5) is 0 Å². The van der Waals surface area contributed by atoms with Gasteiger partial charge < -0.3 is 10.0 Å². The third-order valence-corrected chi connectivity index (χ3v) is 3.91. The molecule has 110 valence electrons. The van der Waals surface area contributed by atoms with E-state index < -0.39 is 5.97 Å². The summed E-state index contributed by atoms with van der Waals surface area (Å²) < 4.78 is 0. The number of carboxylic acids is 1. The third kappa shape index (κ3) is 5.59. The molecular weight excluding hydrogens is 244 g/mol. The number of amides is 1. The number of hydrogen-bond donors (Lipinski definition) is 1. The van der Waals surface area contributed by atoms with Crippen LogP contribution in [0, 0.1) is 0 Å². The van der Waals surface area contributed by atoms with Crippen molar-refractivity contribution in [1.29, 1.82) is 0 Å². The number of carboxylic acid groups (broad SMARTS) is 1. The van der Waals surface area contributed by atoms with Crippen LogP contribution in [0.25, 0.3) is 0 Å². The molecule has 19 heavy (non-hydrogen) atoms. The van der Waals surface area contributed by atoms with Crippen molar-refractivity contribution in [2.45, 2.75) is 52.0 Å². The van der Waals surface area contributed by atoms with Crippen molar-refractivity contribution in [3.05, 3.63) is 0 Å². The first-order valence-electron chi connectivity index (χ1n) is 7.28. The SMILES string of the molecule is CCC(C)N1CCN(C(=O)CCCCC(=O)O)CC1. The van der Waals surface area contributed by atoms with Crippen LogP contribution in [0.2, 0.25) is 0 Å². The molecule has 5 nitrogen and oxygen atoms in total. The maximum atomic E-state index is 11.9. The van der Waals surface area contributed by atoms with Crippen molar-refractivity contribution in [2.75, 3.05) is 26.2 Å². The highest BCUT2D eigenvalue weighted by Crippen LogP contribution is 2.11. The van der Waals surface area contributed by atoms with Gasteiger partial charge in [0.1, 0.15) is 0 Å². The molecule has 1 heterocycles. The minimum Gasteiger partial charge on any atom is -0.481 e. The Bertz CT molecular complexity index is 299. The zero-order valence-electron chi connectivity index (χ0n) is 12.1. The molecule has 1 aliphatic rings. The van der Waals surface area contributed by atoms with Crippen LogP contribution in [0.15, 0.2) is 0 Å². The summed E-state index contributed by atoms with van der Waals surface area (Å²) in [6.45, 7) is 7.93. The van der Waals surface area contributed by atoms with Gasteiger partial charge in [-0.2, -0.15) is 0 Å². The van der Waals surface area contributed by atoms with Crippen LogP contribution in [0.5, 0.6) is 0 Å². The fourth-order valence-corrected chi connectivity index (χ4v) is 2.38. The molecule has 0 radical (unpaired) electrons. The fraction of sp³-hybridized carbons (Fsp3) is 0.857. The molecule has 1 atom stereocenters. The van der Waals surface area contributed by atoms with Gasteiger partial charge in [0.25, 0.3) is 0 Å². The largest absolute Gasteiger partial charge is 0.481 e. The van der Waals surface area contributed by atoms with Gasteiger partial charge in [-0.3, -0.25) is 14.5 Å². The van der Waals surface area contributed by atoms with E-state index in [2.05, 4.69) is 18.7 Å². The Kier molecular flexibility index (Phi) is 6.84.